The van der Waals surface area contributed by atoms with Crippen LogP contribution in [0.2, 0.25) is 0 Å². The molecular formula is C22H17F2NO4. The van der Waals surface area contributed by atoms with E-state index in [0.717, 1.165) is 17.7 Å². The SMILES string of the molecule is COC(=O)c1ccc(CNC(=O)c2ccc(F)cc2Oc2ccc(F)cc2)cc1. The first-order valence-electron chi connectivity index (χ1n) is 8.64. The Morgan fingerprint density at radius 2 is 1.55 bits per heavy atom. The first-order valence-corrected chi connectivity index (χ1v) is 8.64. The van der Waals surface area contributed by atoms with Crippen LogP contribution in [0.25, 0.3) is 0 Å². The van der Waals surface area contributed by atoms with E-state index in [-0.39, 0.29) is 23.6 Å². The number of hydrogen-bond donors (Lipinski definition) is 1. The molecule has 3 rings (SSSR count). The van der Waals surface area contributed by atoms with Gasteiger partial charge in [-0.25, -0.2) is 13.6 Å². The summed E-state index contributed by atoms with van der Waals surface area (Å²) in [4.78, 5) is 24.0. The number of esters is 1. The Labute approximate surface area is 165 Å². The standard InChI is InChI=1S/C22H17F2NO4/c1-28-22(27)15-4-2-14(3-5-15)13-25-21(26)19-11-8-17(24)12-20(19)29-18-9-6-16(23)7-10-18/h2-12H,13H2,1H3,(H,25,26). The van der Waals surface area contributed by atoms with Gasteiger partial charge < -0.3 is 14.8 Å². The lowest BCUT2D eigenvalue weighted by Crippen LogP contribution is -2.23. The maximum atomic E-state index is 13.7. The summed E-state index contributed by atoms with van der Waals surface area (Å²) in [5.74, 6) is -1.65. The van der Waals surface area contributed by atoms with Crippen molar-refractivity contribution in [3.8, 4) is 11.5 Å². The number of halogens is 2. The molecule has 0 aliphatic heterocycles. The monoisotopic (exact) mass is 397 g/mol. The van der Waals surface area contributed by atoms with Crippen LogP contribution < -0.4 is 10.1 Å². The van der Waals surface area contributed by atoms with Crippen LogP contribution in [0.3, 0.4) is 0 Å². The number of nitrogens with one attached hydrogen (secondary N) is 1. The number of carbonyl (C=O) groups is 2. The van der Waals surface area contributed by atoms with Gasteiger partial charge in [0, 0.05) is 12.6 Å². The molecule has 0 unspecified atom stereocenters. The summed E-state index contributed by atoms with van der Waals surface area (Å²) < 4.78 is 36.9. The highest BCUT2D eigenvalue weighted by atomic mass is 19.1. The molecule has 0 aliphatic rings. The summed E-state index contributed by atoms with van der Waals surface area (Å²) in [5.41, 5.74) is 1.28. The Kier molecular flexibility index (Phi) is 6.19. The van der Waals surface area contributed by atoms with Gasteiger partial charge in [-0.2, -0.15) is 0 Å². The lowest BCUT2D eigenvalue weighted by molar-refractivity contribution is 0.0600. The molecule has 0 fully saturated rings. The molecule has 5 nitrogen and oxygen atoms in total. The topological polar surface area (TPSA) is 64.6 Å². The average Bonchev–Trinajstić information content (AvgIpc) is 2.73. The van der Waals surface area contributed by atoms with Gasteiger partial charge in [-0.1, -0.05) is 12.1 Å². The molecule has 0 saturated carbocycles. The van der Waals surface area contributed by atoms with E-state index in [1.807, 2.05) is 0 Å². The van der Waals surface area contributed by atoms with E-state index in [9.17, 15) is 18.4 Å². The first kappa shape index (κ1) is 20.0. The predicted molar refractivity (Wildman–Crippen MR) is 102 cm³/mol. The number of rotatable bonds is 6. The van der Waals surface area contributed by atoms with Crippen molar-refractivity contribution in [2.45, 2.75) is 6.54 Å². The Bertz CT molecular complexity index is 1020. The van der Waals surface area contributed by atoms with Crippen LogP contribution in [0.5, 0.6) is 11.5 Å². The fraction of sp³-hybridized carbons (Fsp3) is 0.0909. The van der Waals surface area contributed by atoms with E-state index in [0.29, 0.717) is 5.56 Å². The van der Waals surface area contributed by atoms with Crippen molar-refractivity contribution in [1.29, 1.82) is 0 Å². The largest absolute Gasteiger partial charge is 0.465 e. The minimum absolute atomic E-state index is 0.00940. The van der Waals surface area contributed by atoms with Crippen LogP contribution in [0.1, 0.15) is 26.3 Å². The lowest BCUT2D eigenvalue weighted by Gasteiger charge is -2.12. The fourth-order valence-electron chi connectivity index (χ4n) is 2.55. The van der Waals surface area contributed by atoms with E-state index in [4.69, 9.17) is 4.74 Å². The molecule has 0 saturated heterocycles. The van der Waals surface area contributed by atoms with Gasteiger partial charge in [0.25, 0.3) is 5.91 Å². The third-order valence-corrected chi connectivity index (χ3v) is 4.06. The maximum absolute atomic E-state index is 13.7. The summed E-state index contributed by atoms with van der Waals surface area (Å²) in [5, 5.41) is 2.72. The Balaban J connectivity index is 1.71. The molecule has 0 radical (unpaired) electrons. The van der Waals surface area contributed by atoms with Crippen LogP contribution in [-0.2, 0) is 11.3 Å². The normalized spacial score (nSPS) is 10.3. The van der Waals surface area contributed by atoms with Crippen LogP contribution in [0, 0.1) is 11.6 Å². The predicted octanol–water partition coefficient (Wildman–Crippen LogP) is 4.47. The maximum Gasteiger partial charge on any atom is 0.337 e. The number of methoxy groups -OCH3 is 1. The quantitative estimate of drug-likeness (QED) is 0.623. The van der Waals surface area contributed by atoms with Gasteiger partial charge in [-0.3, -0.25) is 4.79 Å². The zero-order valence-corrected chi connectivity index (χ0v) is 15.4. The molecule has 7 heteroatoms. The van der Waals surface area contributed by atoms with E-state index in [1.165, 1.54) is 37.4 Å². The second-order valence-electron chi connectivity index (χ2n) is 6.07. The van der Waals surface area contributed by atoms with Gasteiger partial charge in [-0.15, -0.1) is 0 Å². The van der Waals surface area contributed by atoms with Crippen LogP contribution in [0.15, 0.2) is 66.7 Å². The molecule has 3 aromatic rings. The molecule has 0 bridgehead atoms. The van der Waals surface area contributed by atoms with Gasteiger partial charge in [0.15, 0.2) is 0 Å². The van der Waals surface area contributed by atoms with Crippen molar-refractivity contribution in [1.82, 2.24) is 5.32 Å². The molecule has 1 amide bonds. The number of ether oxygens (including phenoxy) is 2. The van der Waals surface area contributed by atoms with Gasteiger partial charge in [0.2, 0.25) is 0 Å². The molecule has 0 atom stereocenters. The Hall–Kier alpha value is -3.74. The third kappa shape index (κ3) is 5.16. The van der Waals surface area contributed by atoms with E-state index in [1.54, 1.807) is 24.3 Å². The summed E-state index contributed by atoms with van der Waals surface area (Å²) in [7, 11) is 1.30. The Morgan fingerprint density at radius 1 is 0.897 bits per heavy atom. The molecule has 0 heterocycles. The third-order valence-electron chi connectivity index (χ3n) is 4.06. The number of amides is 1. The van der Waals surface area contributed by atoms with Gasteiger partial charge in [-0.05, 0) is 54.1 Å². The van der Waals surface area contributed by atoms with Crippen molar-refractivity contribution >= 4 is 11.9 Å². The minimum atomic E-state index is -0.572. The highest BCUT2D eigenvalue weighted by molar-refractivity contribution is 5.97. The highest BCUT2D eigenvalue weighted by Gasteiger charge is 2.15. The molecule has 0 spiro atoms. The van der Waals surface area contributed by atoms with Crippen molar-refractivity contribution in [2.24, 2.45) is 0 Å². The van der Waals surface area contributed by atoms with E-state index < -0.39 is 23.5 Å². The second kappa shape index (κ2) is 8.97. The summed E-state index contributed by atoms with van der Waals surface area (Å²) in [6.45, 7) is 0.188. The van der Waals surface area contributed by atoms with Gasteiger partial charge in [0.1, 0.15) is 23.1 Å². The van der Waals surface area contributed by atoms with Gasteiger partial charge >= 0.3 is 5.97 Å². The van der Waals surface area contributed by atoms with Crippen LogP contribution in [0.4, 0.5) is 8.78 Å². The van der Waals surface area contributed by atoms with Gasteiger partial charge in [0.05, 0.1) is 18.2 Å². The summed E-state index contributed by atoms with van der Waals surface area (Å²) >= 11 is 0. The lowest BCUT2D eigenvalue weighted by atomic mass is 10.1. The van der Waals surface area contributed by atoms with Crippen molar-refractivity contribution in [3.05, 3.63) is 95.1 Å². The molecule has 0 aromatic heterocycles. The van der Waals surface area contributed by atoms with Crippen LogP contribution in [-0.4, -0.2) is 19.0 Å². The van der Waals surface area contributed by atoms with Crippen molar-refractivity contribution < 1.29 is 27.8 Å². The first-order chi connectivity index (χ1) is 14.0. The fourth-order valence-corrected chi connectivity index (χ4v) is 2.55. The number of carbonyl (C=O) groups excluding carboxylic acids is 2. The molecule has 148 valence electrons. The smallest absolute Gasteiger partial charge is 0.337 e. The molecule has 29 heavy (non-hydrogen) atoms. The second-order valence-corrected chi connectivity index (χ2v) is 6.07. The average molecular weight is 397 g/mol. The molecule has 1 N–H and O–H groups in total. The minimum Gasteiger partial charge on any atom is -0.465 e. The van der Waals surface area contributed by atoms with Crippen molar-refractivity contribution in [2.75, 3.05) is 7.11 Å². The van der Waals surface area contributed by atoms with Crippen molar-refractivity contribution in [3.63, 3.8) is 0 Å². The molecule has 3 aromatic carbocycles. The Morgan fingerprint density at radius 3 is 2.21 bits per heavy atom. The number of hydrogen-bond acceptors (Lipinski definition) is 4. The van der Waals surface area contributed by atoms with Crippen LogP contribution >= 0.6 is 0 Å². The summed E-state index contributed by atoms with van der Waals surface area (Å²) in [6.07, 6.45) is 0. The van der Waals surface area contributed by atoms with E-state index in [2.05, 4.69) is 10.1 Å². The zero-order valence-electron chi connectivity index (χ0n) is 15.4. The summed E-state index contributed by atoms with van der Waals surface area (Å²) in [6, 6.07) is 15.3. The van der Waals surface area contributed by atoms with E-state index >= 15 is 0 Å². The molecule has 0 aliphatic carbocycles. The highest BCUT2D eigenvalue weighted by Crippen LogP contribution is 2.26. The zero-order chi connectivity index (χ0) is 20.8. The molecular weight excluding hydrogens is 380 g/mol. The number of benzene rings is 3.